The lowest BCUT2D eigenvalue weighted by molar-refractivity contribution is 0.0290. The van der Waals surface area contributed by atoms with Gasteiger partial charge in [0.15, 0.2) is 5.76 Å². The van der Waals surface area contributed by atoms with Crippen LogP contribution in [0.5, 0.6) is 0 Å². The average Bonchev–Trinajstić information content (AvgIpc) is 3.04. The van der Waals surface area contributed by atoms with Gasteiger partial charge in [-0.3, -0.25) is 9.69 Å². The van der Waals surface area contributed by atoms with Crippen LogP contribution in [0.15, 0.2) is 47.1 Å². The van der Waals surface area contributed by atoms with Crippen LogP contribution in [0.3, 0.4) is 0 Å². The Hall–Kier alpha value is -2.07. The molecule has 4 heteroatoms. The maximum Gasteiger partial charge on any atom is 0.290 e. The normalized spacial score (nSPS) is 21.5. The molecule has 0 bridgehead atoms. The van der Waals surface area contributed by atoms with Crippen molar-refractivity contribution in [3.63, 3.8) is 0 Å². The molecule has 2 atom stereocenters. The molecule has 0 spiro atoms. The zero-order chi connectivity index (χ0) is 17.8. The molecule has 0 radical (unpaired) electrons. The van der Waals surface area contributed by atoms with E-state index in [4.69, 9.17) is 4.42 Å². The Balaban J connectivity index is 1.55. The van der Waals surface area contributed by atoms with Crippen LogP contribution in [0.4, 0.5) is 0 Å². The first-order chi connectivity index (χ1) is 12.1. The summed E-state index contributed by atoms with van der Waals surface area (Å²) in [5.41, 5.74) is 2.31. The van der Waals surface area contributed by atoms with E-state index < -0.39 is 0 Å². The molecule has 1 aromatic heterocycles. The second-order valence-electron chi connectivity index (χ2n) is 7.17. The van der Waals surface area contributed by atoms with Gasteiger partial charge in [-0.15, -0.1) is 0 Å². The molecule has 0 saturated carbocycles. The van der Waals surface area contributed by atoms with Gasteiger partial charge in [0.1, 0.15) is 0 Å². The first kappa shape index (κ1) is 17.7. The number of hydrogen-bond acceptors (Lipinski definition) is 3. The smallest absolute Gasteiger partial charge is 0.290 e. The molecule has 1 saturated heterocycles. The third-order valence-corrected chi connectivity index (χ3v) is 5.19. The Morgan fingerprint density at radius 3 is 2.56 bits per heavy atom. The average molecular weight is 340 g/mol. The topological polar surface area (TPSA) is 36.7 Å². The van der Waals surface area contributed by atoms with Gasteiger partial charge >= 0.3 is 0 Å². The lowest BCUT2D eigenvalue weighted by Crippen LogP contribution is -2.58. The van der Waals surface area contributed by atoms with E-state index in [-0.39, 0.29) is 11.9 Å². The molecule has 134 valence electrons. The number of hydrogen-bond donors (Lipinski definition) is 0. The zero-order valence-corrected chi connectivity index (χ0v) is 15.4. The lowest BCUT2D eigenvalue weighted by Gasteiger charge is -2.44. The fraction of sp³-hybridized carbons (Fsp3) is 0.476. The molecule has 25 heavy (non-hydrogen) atoms. The molecule has 0 N–H and O–H groups in total. The van der Waals surface area contributed by atoms with E-state index >= 15 is 0 Å². The highest BCUT2D eigenvalue weighted by Crippen LogP contribution is 2.20. The van der Waals surface area contributed by atoms with Crippen molar-refractivity contribution in [1.82, 2.24) is 9.80 Å². The number of aryl methyl sites for hydroxylation is 2. The fourth-order valence-electron chi connectivity index (χ4n) is 3.65. The van der Waals surface area contributed by atoms with Crippen molar-refractivity contribution < 1.29 is 9.21 Å². The molecule has 1 aliphatic rings. The predicted octanol–water partition coefficient (Wildman–Crippen LogP) is 3.76. The van der Waals surface area contributed by atoms with Gasteiger partial charge < -0.3 is 9.32 Å². The molecule has 1 amide bonds. The first-order valence-electron chi connectivity index (χ1n) is 9.19. The standard InChI is InChI=1S/C21H28N2O2/c1-16-11-13-25-20(16)21(24)23-15-17(2)22(14-18(23)3)12-7-10-19-8-5-4-6-9-19/h4-6,8-9,11,13,17-18H,7,10,12,14-15H2,1-3H3/t17-,18+/m0/s1. The summed E-state index contributed by atoms with van der Waals surface area (Å²) in [5, 5.41) is 0. The predicted molar refractivity (Wildman–Crippen MR) is 99.7 cm³/mol. The van der Waals surface area contributed by atoms with Crippen molar-refractivity contribution in [2.75, 3.05) is 19.6 Å². The van der Waals surface area contributed by atoms with Gasteiger partial charge in [0, 0.05) is 30.7 Å². The van der Waals surface area contributed by atoms with Gasteiger partial charge in [0.05, 0.1) is 6.26 Å². The molecular formula is C21H28N2O2. The number of furan rings is 1. The van der Waals surface area contributed by atoms with E-state index in [1.165, 1.54) is 5.56 Å². The van der Waals surface area contributed by atoms with E-state index in [1.54, 1.807) is 6.26 Å². The van der Waals surface area contributed by atoms with Crippen LogP contribution in [0.25, 0.3) is 0 Å². The van der Waals surface area contributed by atoms with E-state index in [0.29, 0.717) is 11.8 Å². The Morgan fingerprint density at radius 2 is 1.88 bits per heavy atom. The number of nitrogens with zero attached hydrogens (tertiary/aromatic N) is 2. The van der Waals surface area contributed by atoms with Crippen LogP contribution in [0.1, 0.15) is 41.9 Å². The monoisotopic (exact) mass is 340 g/mol. The van der Waals surface area contributed by atoms with Gasteiger partial charge in [-0.2, -0.15) is 0 Å². The largest absolute Gasteiger partial charge is 0.459 e. The maximum absolute atomic E-state index is 12.8. The van der Waals surface area contributed by atoms with Gasteiger partial charge in [0.2, 0.25) is 0 Å². The zero-order valence-electron chi connectivity index (χ0n) is 15.4. The molecule has 2 aromatic rings. The summed E-state index contributed by atoms with van der Waals surface area (Å²) in [6.45, 7) is 9.01. The second-order valence-corrected chi connectivity index (χ2v) is 7.17. The van der Waals surface area contributed by atoms with E-state index in [0.717, 1.165) is 38.0 Å². The van der Waals surface area contributed by atoms with Crippen LogP contribution >= 0.6 is 0 Å². The van der Waals surface area contributed by atoms with Gasteiger partial charge in [0.25, 0.3) is 5.91 Å². The number of amides is 1. The fourth-order valence-corrected chi connectivity index (χ4v) is 3.65. The molecule has 1 aliphatic heterocycles. The van der Waals surface area contributed by atoms with E-state index in [2.05, 4.69) is 49.1 Å². The van der Waals surface area contributed by atoms with Crippen LogP contribution in [0.2, 0.25) is 0 Å². The summed E-state index contributed by atoms with van der Waals surface area (Å²) in [5.74, 6) is 0.502. The molecule has 1 fully saturated rings. The Bertz CT molecular complexity index is 695. The molecule has 1 aromatic carbocycles. The molecule has 2 heterocycles. The quantitative estimate of drug-likeness (QED) is 0.832. The highest BCUT2D eigenvalue weighted by molar-refractivity contribution is 5.93. The minimum atomic E-state index is 0.0192. The highest BCUT2D eigenvalue weighted by atomic mass is 16.3. The SMILES string of the molecule is Cc1ccoc1C(=O)N1C[C@H](C)N(CCCc2ccccc2)C[C@H]1C. The number of carbonyl (C=O) groups is 1. The van der Waals surface area contributed by atoms with Crippen molar-refractivity contribution >= 4 is 5.91 Å². The molecule has 3 rings (SSSR count). The van der Waals surface area contributed by atoms with Crippen LogP contribution in [0, 0.1) is 6.92 Å². The van der Waals surface area contributed by atoms with Crippen molar-refractivity contribution in [2.24, 2.45) is 0 Å². The minimum Gasteiger partial charge on any atom is -0.459 e. The Labute approximate surface area is 150 Å². The van der Waals surface area contributed by atoms with Gasteiger partial charge in [-0.05, 0) is 51.8 Å². The van der Waals surface area contributed by atoms with E-state index in [1.807, 2.05) is 17.9 Å². The van der Waals surface area contributed by atoms with Crippen molar-refractivity contribution in [2.45, 2.75) is 45.7 Å². The number of piperazine rings is 1. The summed E-state index contributed by atoms with van der Waals surface area (Å²) >= 11 is 0. The third-order valence-electron chi connectivity index (χ3n) is 5.19. The maximum atomic E-state index is 12.8. The number of benzene rings is 1. The number of carbonyl (C=O) groups excluding carboxylic acids is 1. The second kappa shape index (κ2) is 7.87. The summed E-state index contributed by atoms with van der Waals surface area (Å²) in [6, 6.07) is 13.0. The van der Waals surface area contributed by atoms with Crippen LogP contribution in [-0.4, -0.2) is 47.4 Å². The van der Waals surface area contributed by atoms with Gasteiger partial charge in [-0.25, -0.2) is 0 Å². The Morgan fingerprint density at radius 1 is 1.12 bits per heavy atom. The van der Waals surface area contributed by atoms with Crippen LogP contribution < -0.4 is 0 Å². The summed E-state index contributed by atoms with van der Waals surface area (Å²) in [4.78, 5) is 17.2. The van der Waals surface area contributed by atoms with Gasteiger partial charge in [-0.1, -0.05) is 30.3 Å². The Kier molecular flexibility index (Phi) is 5.59. The lowest BCUT2D eigenvalue weighted by atomic mass is 10.1. The highest BCUT2D eigenvalue weighted by Gasteiger charge is 2.33. The van der Waals surface area contributed by atoms with Crippen LogP contribution in [-0.2, 0) is 6.42 Å². The number of rotatable bonds is 5. The summed E-state index contributed by atoms with van der Waals surface area (Å²) in [6.07, 6.45) is 3.84. The molecule has 0 unspecified atom stereocenters. The minimum absolute atomic E-state index is 0.0192. The molecular weight excluding hydrogens is 312 g/mol. The first-order valence-corrected chi connectivity index (χ1v) is 9.19. The van der Waals surface area contributed by atoms with Crippen molar-refractivity contribution in [3.05, 3.63) is 59.5 Å². The molecule has 4 nitrogen and oxygen atoms in total. The van der Waals surface area contributed by atoms with E-state index in [9.17, 15) is 4.79 Å². The summed E-state index contributed by atoms with van der Waals surface area (Å²) in [7, 11) is 0. The summed E-state index contributed by atoms with van der Waals surface area (Å²) < 4.78 is 5.40. The van der Waals surface area contributed by atoms with Crippen molar-refractivity contribution in [3.8, 4) is 0 Å². The third kappa shape index (κ3) is 4.13. The van der Waals surface area contributed by atoms with Crippen molar-refractivity contribution in [1.29, 1.82) is 0 Å². The molecule has 0 aliphatic carbocycles.